The van der Waals surface area contributed by atoms with Crippen LogP contribution in [0.3, 0.4) is 0 Å². The molecule has 2 aromatic carbocycles. The van der Waals surface area contributed by atoms with Crippen molar-refractivity contribution < 1.29 is 42.8 Å². The van der Waals surface area contributed by atoms with Gasteiger partial charge in [-0.2, -0.15) is 0 Å². The maximum atomic E-state index is 8.49. The SMILES string of the molecule is CCCCOc1ccc(-c2cc(C)[o+]c(-c3ccc(OCCCC)cc3)c2)cc1.[O-][Cl+3]([O-])([O-])[O-]. The van der Waals surface area contributed by atoms with Crippen LogP contribution in [-0.4, -0.2) is 13.2 Å². The Morgan fingerprint density at radius 1 is 0.676 bits per heavy atom. The number of unbranched alkanes of at least 4 members (excludes halogenated alkanes) is 2. The minimum Gasteiger partial charge on any atom is -0.494 e. The molecule has 0 aliphatic rings. The zero-order chi connectivity index (χ0) is 25.0. The molecule has 0 saturated carbocycles. The molecule has 0 N–H and O–H groups in total. The summed E-state index contributed by atoms with van der Waals surface area (Å²) in [7, 11) is -4.94. The van der Waals surface area contributed by atoms with E-state index in [1.807, 2.05) is 43.3 Å². The summed E-state index contributed by atoms with van der Waals surface area (Å²) in [4.78, 5) is 0. The van der Waals surface area contributed by atoms with E-state index >= 15 is 0 Å². The fourth-order valence-corrected chi connectivity index (χ4v) is 3.07. The minimum absolute atomic E-state index is 0.757. The van der Waals surface area contributed by atoms with Crippen molar-refractivity contribution in [2.24, 2.45) is 0 Å². The van der Waals surface area contributed by atoms with E-state index in [1.165, 1.54) is 0 Å². The van der Waals surface area contributed by atoms with Crippen molar-refractivity contribution in [3.63, 3.8) is 0 Å². The van der Waals surface area contributed by atoms with Crippen molar-refractivity contribution in [3.8, 4) is 33.9 Å². The molecule has 0 amide bonds. The molecule has 0 saturated heterocycles. The lowest BCUT2D eigenvalue weighted by Gasteiger charge is -2.17. The highest BCUT2D eigenvalue weighted by Gasteiger charge is 2.16. The van der Waals surface area contributed by atoms with Gasteiger partial charge in [-0.3, -0.25) is 0 Å². The molecule has 3 aromatic rings. The molecular formula is C26H31ClO7. The Morgan fingerprint density at radius 2 is 1.12 bits per heavy atom. The highest BCUT2D eigenvalue weighted by molar-refractivity contribution is 5.70. The fourth-order valence-electron chi connectivity index (χ4n) is 3.07. The first-order valence-corrected chi connectivity index (χ1v) is 12.5. The Labute approximate surface area is 203 Å². The zero-order valence-corrected chi connectivity index (χ0v) is 20.5. The van der Waals surface area contributed by atoms with Crippen molar-refractivity contribution in [2.75, 3.05) is 13.2 Å². The van der Waals surface area contributed by atoms with Crippen molar-refractivity contribution in [1.82, 2.24) is 0 Å². The summed E-state index contributed by atoms with van der Waals surface area (Å²) in [6.45, 7) is 7.84. The monoisotopic (exact) mass is 490 g/mol. The predicted octanol–water partition coefficient (Wildman–Crippen LogP) is 2.80. The second-order valence-electron chi connectivity index (χ2n) is 7.65. The number of benzene rings is 2. The first-order valence-electron chi connectivity index (χ1n) is 11.2. The molecule has 1 heterocycles. The third-order valence-electron chi connectivity index (χ3n) is 4.78. The Balaban J connectivity index is 0.000000739. The van der Waals surface area contributed by atoms with Crippen molar-refractivity contribution in [3.05, 3.63) is 66.4 Å². The van der Waals surface area contributed by atoms with Crippen LogP contribution in [0.1, 0.15) is 45.3 Å². The van der Waals surface area contributed by atoms with Crippen LogP contribution in [0.25, 0.3) is 22.5 Å². The highest BCUT2D eigenvalue weighted by Crippen LogP contribution is 2.30. The van der Waals surface area contributed by atoms with Gasteiger partial charge in [-0.1, -0.05) is 38.8 Å². The Hall–Kier alpha value is -2.68. The van der Waals surface area contributed by atoms with Crippen LogP contribution in [-0.2, 0) is 0 Å². The van der Waals surface area contributed by atoms with Gasteiger partial charge in [0.15, 0.2) is 0 Å². The molecule has 0 atom stereocenters. The summed E-state index contributed by atoms with van der Waals surface area (Å²) in [6.07, 6.45) is 4.42. The molecule has 0 unspecified atom stereocenters. The fraction of sp³-hybridized carbons (Fsp3) is 0.346. The minimum atomic E-state index is -4.94. The summed E-state index contributed by atoms with van der Waals surface area (Å²) in [5, 5.41) is 0. The van der Waals surface area contributed by atoms with Gasteiger partial charge in [-0.25, -0.2) is 23.1 Å². The van der Waals surface area contributed by atoms with Crippen LogP contribution < -0.4 is 28.1 Å². The standard InChI is InChI=1S/C26H31O3.ClHO4/c1-4-6-16-27-24-12-8-21(9-13-24)23-18-20(3)29-26(19-23)22-10-14-25(15-11-22)28-17-7-5-2;2-1(3,4)5/h8-15,18-19H,4-7,16-17H2,1-3H3;(H,2,3,4,5)/q+1;/p-1. The molecule has 8 heteroatoms. The highest BCUT2D eigenvalue weighted by atomic mass is 35.7. The van der Waals surface area contributed by atoms with E-state index in [0.29, 0.717) is 0 Å². The first kappa shape index (κ1) is 27.6. The van der Waals surface area contributed by atoms with E-state index in [9.17, 15) is 0 Å². The number of halogens is 1. The smallest absolute Gasteiger partial charge is 0.360 e. The van der Waals surface area contributed by atoms with Crippen molar-refractivity contribution in [2.45, 2.75) is 46.5 Å². The lowest BCUT2D eigenvalue weighted by atomic mass is 10.0. The quantitative estimate of drug-likeness (QED) is 0.316. The zero-order valence-electron chi connectivity index (χ0n) is 19.8. The number of ether oxygens (including phenoxy) is 2. The molecule has 0 aliphatic carbocycles. The lowest BCUT2D eigenvalue weighted by Crippen LogP contribution is -2.68. The van der Waals surface area contributed by atoms with Crippen molar-refractivity contribution >= 4 is 0 Å². The maximum absolute atomic E-state index is 8.49. The normalized spacial score (nSPS) is 10.9. The van der Waals surface area contributed by atoms with E-state index in [-0.39, 0.29) is 0 Å². The van der Waals surface area contributed by atoms with Gasteiger partial charge in [-0.15, -0.1) is 10.2 Å². The Morgan fingerprint density at radius 3 is 1.56 bits per heavy atom. The van der Waals surface area contributed by atoms with Crippen molar-refractivity contribution in [1.29, 1.82) is 0 Å². The van der Waals surface area contributed by atoms with Crippen LogP contribution in [0.4, 0.5) is 0 Å². The average molecular weight is 491 g/mol. The molecule has 0 spiro atoms. The van der Waals surface area contributed by atoms with E-state index < -0.39 is 10.2 Å². The van der Waals surface area contributed by atoms with Gasteiger partial charge in [0.05, 0.1) is 31.8 Å². The number of hydrogen-bond donors (Lipinski definition) is 0. The van der Waals surface area contributed by atoms with E-state index in [2.05, 4.69) is 38.1 Å². The molecule has 1 aromatic heterocycles. The molecule has 7 nitrogen and oxygen atoms in total. The largest absolute Gasteiger partial charge is 0.494 e. The van der Waals surface area contributed by atoms with Gasteiger partial charge >= 0.3 is 11.5 Å². The summed E-state index contributed by atoms with van der Waals surface area (Å²) in [5.74, 6) is 3.54. The molecule has 0 fully saturated rings. The molecule has 184 valence electrons. The summed E-state index contributed by atoms with van der Waals surface area (Å²) < 4.78 is 51.5. The molecule has 3 rings (SSSR count). The second-order valence-corrected chi connectivity index (χ2v) is 8.41. The lowest BCUT2D eigenvalue weighted by molar-refractivity contribution is -2.00. The molecule has 0 radical (unpaired) electrons. The van der Waals surface area contributed by atoms with Gasteiger partial charge in [-0.05, 0) is 54.8 Å². The molecular weight excluding hydrogens is 460 g/mol. The predicted molar refractivity (Wildman–Crippen MR) is 120 cm³/mol. The number of rotatable bonds is 10. The van der Waals surface area contributed by atoms with E-state index in [1.54, 1.807) is 0 Å². The van der Waals surface area contributed by atoms with Crippen LogP contribution >= 0.6 is 0 Å². The van der Waals surface area contributed by atoms with E-state index in [0.717, 1.165) is 78.6 Å². The Kier molecular flexibility index (Phi) is 11.3. The Bertz CT molecular complexity index is 906. The molecule has 0 aliphatic heterocycles. The van der Waals surface area contributed by atoms with Gasteiger partial charge in [0.25, 0.3) is 0 Å². The van der Waals surface area contributed by atoms with Crippen LogP contribution in [0.15, 0.2) is 65.1 Å². The summed E-state index contributed by atoms with van der Waals surface area (Å²) in [5.41, 5.74) is 3.32. The third kappa shape index (κ3) is 10.5. The van der Waals surface area contributed by atoms with Crippen LogP contribution in [0.5, 0.6) is 11.5 Å². The van der Waals surface area contributed by atoms with Gasteiger partial charge in [0, 0.05) is 11.6 Å². The average Bonchev–Trinajstić information content (AvgIpc) is 2.79. The number of hydrogen-bond acceptors (Lipinski definition) is 6. The number of aryl methyl sites for hydroxylation is 1. The molecule has 34 heavy (non-hydrogen) atoms. The van der Waals surface area contributed by atoms with Crippen LogP contribution in [0, 0.1) is 17.2 Å². The molecule has 0 bridgehead atoms. The van der Waals surface area contributed by atoms with Gasteiger partial charge in [0.1, 0.15) is 11.5 Å². The van der Waals surface area contributed by atoms with E-state index in [4.69, 9.17) is 32.5 Å². The third-order valence-corrected chi connectivity index (χ3v) is 4.78. The summed E-state index contributed by atoms with van der Waals surface area (Å²) >= 11 is 0. The maximum Gasteiger partial charge on any atom is 0.360 e. The van der Waals surface area contributed by atoms with Gasteiger partial charge < -0.3 is 9.47 Å². The first-order chi connectivity index (χ1) is 16.2. The topological polar surface area (TPSA) is 122 Å². The summed E-state index contributed by atoms with van der Waals surface area (Å²) in [6, 6.07) is 20.5. The second kappa shape index (κ2) is 13.9. The van der Waals surface area contributed by atoms with Gasteiger partial charge in [0.2, 0.25) is 0 Å². The van der Waals surface area contributed by atoms with Crippen LogP contribution in [0.2, 0.25) is 0 Å².